The Hall–Kier alpha value is -0.610. The van der Waals surface area contributed by atoms with Gasteiger partial charge < -0.3 is 15.5 Å². The van der Waals surface area contributed by atoms with E-state index in [-0.39, 0.29) is 12.5 Å². The van der Waals surface area contributed by atoms with Crippen LogP contribution in [0, 0.1) is 0 Å². The molecule has 0 aromatic carbocycles. The fourth-order valence-electron chi connectivity index (χ4n) is 7.89. The fourth-order valence-corrected chi connectivity index (χ4v) is 7.89. The van der Waals surface area contributed by atoms with Crippen molar-refractivity contribution in [2.75, 3.05) is 6.61 Å². The summed E-state index contributed by atoms with van der Waals surface area (Å²) in [4.78, 5) is 12.4. The molecule has 0 aliphatic heterocycles. The van der Waals surface area contributed by atoms with Crippen LogP contribution < -0.4 is 5.32 Å². The minimum atomic E-state index is -0.653. The maximum atomic E-state index is 12.4. The average Bonchev–Trinajstić information content (AvgIpc) is 3.15. The lowest BCUT2D eigenvalue weighted by Crippen LogP contribution is -2.45. The van der Waals surface area contributed by atoms with Gasteiger partial charge in [0.05, 0.1) is 18.8 Å². The number of amides is 1. The molecule has 0 rings (SSSR count). The van der Waals surface area contributed by atoms with Gasteiger partial charge in [0.1, 0.15) is 0 Å². The second-order valence-electron chi connectivity index (χ2n) is 16.9. The Balaban J connectivity index is 3.38. The summed E-state index contributed by atoms with van der Waals surface area (Å²) < 4.78 is 0. The van der Waals surface area contributed by atoms with Gasteiger partial charge in [0.25, 0.3) is 0 Å². The van der Waals surface area contributed by atoms with Crippen LogP contribution in [0.5, 0.6) is 0 Å². The van der Waals surface area contributed by atoms with Crippen molar-refractivity contribution in [3.63, 3.8) is 0 Å². The molecule has 0 aliphatic rings. The van der Waals surface area contributed by atoms with Gasteiger partial charge in [-0.1, -0.05) is 264 Å². The highest BCUT2D eigenvalue weighted by atomic mass is 16.3. The van der Waals surface area contributed by atoms with Crippen molar-refractivity contribution in [2.45, 2.75) is 296 Å². The minimum Gasteiger partial charge on any atom is -0.394 e. The Labute approximate surface area is 327 Å². The highest BCUT2D eigenvalue weighted by Gasteiger charge is 2.20. The summed E-state index contributed by atoms with van der Waals surface area (Å²) in [5.74, 6) is -0.0272. The smallest absolute Gasteiger partial charge is 0.220 e. The lowest BCUT2D eigenvalue weighted by Gasteiger charge is -2.22. The maximum Gasteiger partial charge on any atom is 0.220 e. The topological polar surface area (TPSA) is 69.6 Å². The van der Waals surface area contributed by atoms with Gasteiger partial charge in [-0.3, -0.25) is 4.79 Å². The average molecular weight is 736 g/mol. The van der Waals surface area contributed by atoms with E-state index in [2.05, 4.69) is 19.2 Å². The summed E-state index contributed by atoms with van der Waals surface area (Å²) in [5.41, 5.74) is 0. The summed E-state index contributed by atoms with van der Waals surface area (Å²) >= 11 is 0. The molecule has 0 saturated heterocycles. The Morgan fingerprint density at radius 3 is 0.865 bits per heavy atom. The van der Waals surface area contributed by atoms with Crippen molar-refractivity contribution in [2.24, 2.45) is 0 Å². The number of hydrogen-bond donors (Lipinski definition) is 3. The molecule has 0 bridgehead atoms. The normalized spacial score (nSPS) is 12.8. The van der Waals surface area contributed by atoms with E-state index in [1.807, 2.05) is 0 Å². The Bertz CT molecular complexity index is 670. The fraction of sp³-hybridized carbons (Fsp3) is 0.979. The number of aliphatic hydroxyl groups is 2. The van der Waals surface area contributed by atoms with E-state index in [1.54, 1.807) is 0 Å². The second kappa shape index (κ2) is 44.8. The van der Waals surface area contributed by atoms with Crippen molar-refractivity contribution in [3.8, 4) is 0 Å². The zero-order valence-corrected chi connectivity index (χ0v) is 35.9. The molecule has 0 fully saturated rings. The monoisotopic (exact) mass is 736 g/mol. The predicted octanol–water partition coefficient (Wildman–Crippen LogP) is 15.2. The van der Waals surface area contributed by atoms with E-state index in [4.69, 9.17) is 0 Å². The van der Waals surface area contributed by atoms with Crippen LogP contribution in [0.1, 0.15) is 284 Å². The van der Waals surface area contributed by atoms with Gasteiger partial charge >= 0.3 is 0 Å². The Morgan fingerprint density at radius 1 is 0.385 bits per heavy atom. The van der Waals surface area contributed by atoms with Crippen LogP contribution in [0.2, 0.25) is 0 Å². The van der Waals surface area contributed by atoms with E-state index < -0.39 is 12.1 Å². The number of carbonyl (C=O) groups excluding carboxylic acids is 1. The van der Waals surface area contributed by atoms with Crippen molar-refractivity contribution >= 4 is 5.91 Å². The molecule has 4 nitrogen and oxygen atoms in total. The van der Waals surface area contributed by atoms with Gasteiger partial charge in [-0.25, -0.2) is 0 Å². The van der Waals surface area contributed by atoms with E-state index >= 15 is 0 Å². The molecule has 312 valence electrons. The number of rotatable bonds is 45. The van der Waals surface area contributed by atoms with Crippen molar-refractivity contribution in [1.82, 2.24) is 5.32 Å². The third-order valence-electron chi connectivity index (χ3n) is 11.6. The molecule has 0 saturated carbocycles. The van der Waals surface area contributed by atoms with Crippen LogP contribution in [0.3, 0.4) is 0 Å². The van der Waals surface area contributed by atoms with Gasteiger partial charge in [0, 0.05) is 6.42 Å². The molecule has 0 radical (unpaired) electrons. The number of carbonyl (C=O) groups is 1. The molecule has 0 aromatic rings. The van der Waals surface area contributed by atoms with Crippen LogP contribution in [-0.4, -0.2) is 34.9 Å². The molecule has 1 amide bonds. The first-order valence-electron chi connectivity index (χ1n) is 24.2. The number of hydrogen-bond acceptors (Lipinski definition) is 3. The largest absolute Gasteiger partial charge is 0.394 e. The first-order chi connectivity index (χ1) is 25.7. The van der Waals surface area contributed by atoms with Crippen LogP contribution in [0.15, 0.2) is 0 Å². The van der Waals surface area contributed by atoms with Crippen molar-refractivity contribution < 1.29 is 15.0 Å². The summed E-state index contributed by atoms with van der Waals surface area (Å²) in [5, 5.41) is 23.2. The lowest BCUT2D eigenvalue weighted by atomic mass is 10.0. The zero-order valence-electron chi connectivity index (χ0n) is 35.9. The van der Waals surface area contributed by atoms with Crippen LogP contribution >= 0.6 is 0 Å². The summed E-state index contributed by atoms with van der Waals surface area (Å²) in [6, 6.07) is -0.529. The molecule has 0 heterocycles. The third kappa shape index (κ3) is 40.6. The molecule has 2 unspecified atom stereocenters. The van der Waals surface area contributed by atoms with Crippen molar-refractivity contribution in [3.05, 3.63) is 0 Å². The maximum absolute atomic E-state index is 12.4. The molecule has 0 aromatic heterocycles. The summed E-state index contributed by atoms with van der Waals surface area (Å²) in [6.07, 6.45) is 55.0. The second-order valence-corrected chi connectivity index (χ2v) is 16.9. The van der Waals surface area contributed by atoms with Gasteiger partial charge in [-0.05, 0) is 12.8 Å². The third-order valence-corrected chi connectivity index (χ3v) is 11.6. The predicted molar refractivity (Wildman–Crippen MR) is 230 cm³/mol. The van der Waals surface area contributed by atoms with Gasteiger partial charge in [-0.2, -0.15) is 0 Å². The molecule has 0 aliphatic carbocycles. The number of nitrogens with one attached hydrogen (secondary N) is 1. The molecule has 4 heteroatoms. The highest BCUT2D eigenvalue weighted by Crippen LogP contribution is 2.17. The first kappa shape index (κ1) is 51.4. The molecule has 52 heavy (non-hydrogen) atoms. The molecule has 3 N–H and O–H groups in total. The van der Waals surface area contributed by atoms with Gasteiger partial charge in [-0.15, -0.1) is 0 Å². The Morgan fingerprint density at radius 2 is 0.615 bits per heavy atom. The summed E-state index contributed by atoms with van der Waals surface area (Å²) in [7, 11) is 0. The van der Waals surface area contributed by atoms with E-state index in [1.165, 1.54) is 231 Å². The summed E-state index contributed by atoms with van der Waals surface area (Å²) in [6.45, 7) is 4.38. The van der Waals surface area contributed by atoms with E-state index in [0.717, 1.165) is 25.7 Å². The minimum absolute atomic E-state index is 0.0272. The molecular weight excluding hydrogens is 639 g/mol. The lowest BCUT2D eigenvalue weighted by molar-refractivity contribution is -0.123. The van der Waals surface area contributed by atoms with E-state index in [0.29, 0.717) is 12.8 Å². The highest BCUT2D eigenvalue weighted by molar-refractivity contribution is 5.76. The quantitative estimate of drug-likeness (QED) is 0.0545. The number of aliphatic hydroxyl groups excluding tert-OH is 2. The number of unbranched alkanes of at least 4 members (excludes halogenated alkanes) is 38. The molecular formula is C48H97NO3. The Kier molecular flexibility index (Phi) is 44.3. The van der Waals surface area contributed by atoms with E-state index in [9.17, 15) is 15.0 Å². The van der Waals surface area contributed by atoms with Crippen LogP contribution in [0.25, 0.3) is 0 Å². The molecule has 2 atom stereocenters. The first-order valence-corrected chi connectivity index (χ1v) is 24.2. The molecule has 0 spiro atoms. The van der Waals surface area contributed by atoms with Crippen LogP contribution in [-0.2, 0) is 4.79 Å². The zero-order chi connectivity index (χ0) is 37.8. The van der Waals surface area contributed by atoms with Crippen molar-refractivity contribution in [1.29, 1.82) is 0 Å². The standard InChI is InChI=1S/C48H97NO3/c1-3-5-7-9-11-13-15-17-18-19-20-21-22-23-24-25-26-27-28-29-30-31-32-33-35-37-39-41-43-47(51)46(45-50)49-48(52)44-42-40-38-36-34-16-14-12-10-8-6-4-2/h46-47,50-51H,3-45H2,1-2H3,(H,49,52). The SMILES string of the molecule is CCCCCCCCCCCCCCCCCCCCCCCCCCCCCCC(O)C(CO)NC(=O)CCCCCCCCCCCCCC. The van der Waals surface area contributed by atoms with Gasteiger partial charge in [0.2, 0.25) is 5.91 Å². The van der Waals surface area contributed by atoms with Gasteiger partial charge in [0.15, 0.2) is 0 Å². The van der Waals surface area contributed by atoms with Crippen LogP contribution in [0.4, 0.5) is 0 Å².